The van der Waals surface area contributed by atoms with E-state index in [4.69, 9.17) is 5.11 Å². The number of benzene rings is 1. The summed E-state index contributed by atoms with van der Waals surface area (Å²) in [6, 6.07) is 8.88. The average Bonchev–Trinajstić information content (AvgIpc) is 2.79. The molecule has 0 aliphatic heterocycles. The molecule has 0 saturated carbocycles. The van der Waals surface area contributed by atoms with Crippen molar-refractivity contribution in [2.24, 2.45) is 0 Å². The van der Waals surface area contributed by atoms with Crippen LogP contribution in [0.1, 0.15) is 39.0 Å². The van der Waals surface area contributed by atoms with E-state index < -0.39 is 5.97 Å². The summed E-state index contributed by atoms with van der Waals surface area (Å²) < 4.78 is 0. The molecule has 3 N–H and O–H groups in total. The summed E-state index contributed by atoms with van der Waals surface area (Å²) in [6.07, 6.45) is 0.738. The first-order valence-corrected chi connectivity index (χ1v) is 6.35. The SMILES string of the molecule is CCc1ccccc1C(=O)Nc1cc(C)[nH]c1C(=O)O. The van der Waals surface area contributed by atoms with Crippen LogP contribution in [0.3, 0.4) is 0 Å². The Hall–Kier alpha value is -2.56. The molecule has 0 aliphatic carbocycles. The quantitative estimate of drug-likeness (QED) is 0.800. The lowest BCUT2D eigenvalue weighted by atomic mass is 10.0. The van der Waals surface area contributed by atoms with Crippen LogP contribution in [0.25, 0.3) is 0 Å². The van der Waals surface area contributed by atoms with Crippen LogP contribution in [-0.4, -0.2) is 22.0 Å². The number of hydrogen-bond donors (Lipinski definition) is 3. The Morgan fingerprint density at radius 2 is 2.00 bits per heavy atom. The summed E-state index contributed by atoms with van der Waals surface area (Å²) in [5, 5.41) is 11.7. The van der Waals surface area contributed by atoms with E-state index in [2.05, 4.69) is 10.3 Å². The fraction of sp³-hybridized carbons (Fsp3) is 0.200. The lowest BCUT2D eigenvalue weighted by Crippen LogP contribution is -2.15. The molecule has 2 aromatic rings. The number of aromatic carboxylic acids is 1. The van der Waals surface area contributed by atoms with E-state index in [0.29, 0.717) is 11.3 Å². The van der Waals surface area contributed by atoms with Gasteiger partial charge in [-0.05, 0) is 31.0 Å². The highest BCUT2D eigenvalue weighted by Gasteiger charge is 2.17. The molecule has 1 amide bonds. The lowest BCUT2D eigenvalue weighted by Gasteiger charge is -2.08. The zero-order chi connectivity index (χ0) is 14.7. The summed E-state index contributed by atoms with van der Waals surface area (Å²) >= 11 is 0. The molecule has 0 fully saturated rings. The molecule has 1 heterocycles. The number of H-pyrrole nitrogens is 1. The van der Waals surface area contributed by atoms with E-state index in [0.717, 1.165) is 12.0 Å². The van der Waals surface area contributed by atoms with Gasteiger partial charge in [-0.1, -0.05) is 25.1 Å². The Morgan fingerprint density at radius 3 is 2.65 bits per heavy atom. The van der Waals surface area contributed by atoms with Crippen LogP contribution in [-0.2, 0) is 6.42 Å². The Balaban J connectivity index is 2.30. The van der Waals surface area contributed by atoms with Crippen molar-refractivity contribution < 1.29 is 14.7 Å². The molecule has 0 radical (unpaired) electrons. The maximum Gasteiger partial charge on any atom is 0.354 e. The third kappa shape index (κ3) is 2.71. The zero-order valence-corrected chi connectivity index (χ0v) is 11.4. The third-order valence-electron chi connectivity index (χ3n) is 3.06. The monoisotopic (exact) mass is 272 g/mol. The summed E-state index contributed by atoms with van der Waals surface area (Å²) in [5.74, 6) is -1.40. The van der Waals surface area contributed by atoms with Gasteiger partial charge in [0.25, 0.3) is 5.91 Å². The number of aromatic nitrogens is 1. The van der Waals surface area contributed by atoms with Crippen LogP contribution < -0.4 is 5.32 Å². The van der Waals surface area contributed by atoms with Gasteiger partial charge in [-0.25, -0.2) is 4.79 Å². The Labute approximate surface area is 116 Å². The molecule has 1 aromatic heterocycles. The van der Waals surface area contributed by atoms with Gasteiger partial charge in [-0.3, -0.25) is 4.79 Å². The molecule has 0 aliphatic rings. The van der Waals surface area contributed by atoms with Crippen molar-refractivity contribution in [2.45, 2.75) is 20.3 Å². The second-order valence-corrected chi connectivity index (χ2v) is 4.51. The number of carboxylic acid groups (broad SMARTS) is 1. The van der Waals surface area contributed by atoms with Crippen molar-refractivity contribution in [1.29, 1.82) is 0 Å². The summed E-state index contributed by atoms with van der Waals surface area (Å²) in [7, 11) is 0. The number of aromatic amines is 1. The Morgan fingerprint density at radius 1 is 1.30 bits per heavy atom. The second kappa shape index (κ2) is 5.61. The summed E-state index contributed by atoms with van der Waals surface area (Å²) in [6.45, 7) is 3.71. The number of hydrogen-bond acceptors (Lipinski definition) is 2. The molecule has 1 aromatic carbocycles. The van der Waals surface area contributed by atoms with Gasteiger partial charge in [-0.2, -0.15) is 0 Å². The fourth-order valence-corrected chi connectivity index (χ4v) is 2.10. The second-order valence-electron chi connectivity index (χ2n) is 4.51. The van der Waals surface area contributed by atoms with E-state index in [1.165, 1.54) is 0 Å². The van der Waals surface area contributed by atoms with Gasteiger partial charge in [0.15, 0.2) is 0 Å². The first-order valence-electron chi connectivity index (χ1n) is 6.35. The first-order chi connectivity index (χ1) is 9.52. The number of aryl methyl sites for hydroxylation is 2. The van der Waals surface area contributed by atoms with Crippen LogP contribution in [0, 0.1) is 6.92 Å². The van der Waals surface area contributed by atoms with Crippen molar-refractivity contribution in [3.05, 3.63) is 52.8 Å². The van der Waals surface area contributed by atoms with Gasteiger partial charge in [-0.15, -0.1) is 0 Å². The summed E-state index contributed by atoms with van der Waals surface area (Å²) in [5.41, 5.74) is 2.44. The normalized spacial score (nSPS) is 10.3. The molecule has 0 unspecified atom stereocenters. The molecule has 2 rings (SSSR count). The molecule has 104 valence electrons. The smallest absolute Gasteiger partial charge is 0.354 e. The van der Waals surface area contributed by atoms with Gasteiger partial charge in [0, 0.05) is 11.3 Å². The molecule has 20 heavy (non-hydrogen) atoms. The van der Waals surface area contributed by atoms with Crippen LogP contribution in [0.4, 0.5) is 5.69 Å². The van der Waals surface area contributed by atoms with Crippen molar-refractivity contribution in [1.82, 2.24) is 4.98 Å². The molecule has 0 spiro atoms. The number of carboxylic acids is 1. The van der Waals surface area contributed by atoms with E-state index in [1.54, 1.807) is 25.1 Å². The Kier molecular flexibility index (Phi) is 3.89. The maximum absolute atomic E-state index is 12.3. The van der Waals surface area contributed by atoms with Gasteiger partial charge in [0.2, 0.25) is 0 Å². The van der Waals surface area contributed by atoms with Gasteiger partial charge in [0.05, 0.1) is 5.69 Å². The number of amides is 1. The zero-order valence-electron chi connectivity index (χ0n) is 11.4. The number of carbonyl (C=O) groups is 2. The van der Waals surface area contributed by atoms with E-state index in [-0.39, 0.29) is 17.3 Å². The van der Waals surface area contributed by atoms with Crippen molar-refractivity contribution in [3.8, 4) is 0 Å². The lowest BCUT2D eigenvalue weighted by molar-refractivity contribution is 0.0692. The largest absolute Gasteiger partial charge is 0.477 e. The predicted octanol–water partition coefficient (Wildman–Crippen LogP) is 2.84. The minimum absolute atomic E-state index is 0.00942. The molecular formula is C15H16N2O3. The van der Waals surface area contributed by atoms with E-state index in [9.17, 15) is 9.59 Å². The van der Waals surface area contributed by atoms with Crippen LogP contribution in [0.5, 0.6) is 0 Å². The number of anilines is 1. The minimum Gasteiger partial charge on any atom is -0.477 e. The van der Waals surface area contributed by atoms with E-state index >= 15 is 0 Å². The molecular weight excluding hydrogens is 256 g/mol. The van der Waals surface area contributed by atoms with Crippen molar-refractivity contribution in [3.63, 3.8) is 0 Å². The van der Waals surface area contributed by atoms with Crippen molar-refractivity contribution in [2.75, 3.05) is 5.32 Å². The van der Waals surface area contributed by atoms with E-state index in [1.807, 2.05) is 19.1 Å². The van der Waals surface area contributed by atoms with Gasteiger partial charge in [0.1, 0.15) is 5.69 Å². The van der Waals surface area contributed by atoms with Crippen molar-refractivity contribution >= 4 is 17.6 Å². The van der Waals surface area contributed by atoms with Gasteiger partial charge < -0.3 is 15.4 Å². The highest BCUT2D eigenvalue weighted by molar-refractivity contribution is 6.08. The van der Waals surface area contributed by atoms with Crippen LogP contribution >= 0.6 is 0 Å². The van der Waals surface area contributed by atoms with Crippen LogP contribution in [0.15, 0.2) is 30.3 Å². The molecule has 0 bridgehead atoms. The molecule has 5 heteroatoms. The third-order valence-corrected chi connectivity index (χ3v) is 3.06. The standard InChI is InChI=1S/C15H16N2O3/c1-3-10-6-4-5-7-11(10)14(18)17-12-8-9(2)16-13(12)15(19)20/h4-8,16H,3H2,1-2H3,(H,17,18)(H,19,20). The molecule has 0 saturated heterocycles. The first kappa shape index (κ1) is 13.9. The Bertz CT molecular complexity index is 659. The molecule has 0 atom stereocenters. The minimum atomic E-state index is -1.10. The highest BCUT2D eigenvalue weighted by Crippen LogP contribution is 2.19. The van der Waals surface area contributed by atoms with Gasteiger partial charge >= 0.3 is 5.97 Å². The highest BCUT2D eigenvalue weighted by atomic mass is 16.4. The predicted molar refractivity (Wildman–Crippen MR) is 76.3 cm³/mol. The number of nitrogens with one attached hydrogen (secondary N) is 2. The average molecular weight is 272 g/mol. The molecule has 5 nitrogen and oxygen atoms in total. The fourth-order valence-electron chi connectivity index (χ4n) is 2.10. The number of carbonyl (C=O) groups excluding carboxylic acids is 1. The number of rotatable bonds is 4. The maximum atomic E-state index is 12.3. The topological polar surface area (TPSA) is 82.2 Å². The summed E-state index contributed by atoms with van der Waals surface area (Å²) in [4.78, 5) is 26.1. The van der Waals surface area contributed by atoms with Crippen LogP contribution in [0.2, 0.25) is 0 Å².